The van der Waals surface area contributed by atoms with E-state index in [0.717, 1.165) is 6.54 Å². The Balaban J connectivity index is 3.43. The number of esters is 1. The van der Waals surface area contributed by atoms with Crippen LogP contribution in [0.3, 0.4) is 0 Å². The number of likely N-dealkylation sites (N-methyl/N-ethyl adjacent to an activating group) is 1. The van der Waals surface area contributed by atoms with Crippen LogP contribution in [0.4, 0.5) is 0 Å². The lowest BCUT2D eigenvalue weighted by Crippen LogP contribution is -2.27. The highest BCUT2D eigenvalue weighted by molar-refractivity contribution is 5.66. The molecule has 0 aliphatic carbocycles. The normalized spacial score (nSPS) is 13.3. The van der Waals surface area contributed by atoms with Gasteiger partial charge in [-0.2, -0.15) is 0 Å². The van der Waals surface area contributed by atoms with Gasteiger partial charge >= 0.3 is 5.97 Å². The fourth-order valence-electron chi connectivity index (χ4n) is 0.835. The molecule has 0 saturated heterocycles. The Morgan fingerprint density at radius 2 is 2.10 bits per heavy atom. The minimum atomic E-state index is -0.214. The first-order chi connectivity index (χ1) is 4.52. The van der Waals surface area contributed by atoms with Gasteiger partial charge in [-0.15, -0.1) is 0 Å². The molecule has 0 N–H and O–H groups in total. The van der Waals surface area contributed by atoms with Gasteiger partial charge in [-0.05, 0) is 21.0 Å². The zero-order valence-corrected chi connectivity index (χ0v) is 7.05. The van der Waals surface area contributed by atoms with Gasteiger partial charge in [0.2, 0.25) is 0 Å². The van der Waals surface area contributed by atoms with Crippen molar-refractivity contribution in [3.05, 3.63) is 0 Å². The number of ether oxygens (including phenoxy) is 1. The average molecular weight is 145 g/mol. The van der Waals surface area contributed by atoms with Gasteiger partial charge in [-0.3, -0.25) is 4.79 Å². The molecule has 0 aromatic heterocycles. The minimum absolute atomic E-state index is 0.00694. The molecule has 0 aromatic rings. The molecular weight excluding hydrogens is 130 g/mol. The Morgan fingerprint density at radius 3 is 2.40 bits per heavy atom. The molecule has 0 bridgehead atoms. The van der Waals surface area contributed by atoms with Crippen LogP contribution in [0.2, 0.25) is 0 Å². The summed E-state index contributed by atoms with van der Waals surface area (Å²) < 4.78 is 4.88. The van der Waals surface area contributed by atoms with Crippen molar-refractivity contribution >= 4 is 5.97 Å². The maximum absolute atomic E-state index is 10.4. The number of hydrogen-bond donors (Lipinski definition) is 0. The molecule has 1 atom stereocenters. The summed E-state index contributed by atoms with van der Waals surface area (Å²) >= 11 is 0. The van der Waals surface area contributed by atoms with Gasteiger partial charge in [0.05, 0.1) is 0 Å². The number of nitrogens with zero attached hydrogens (tertiary/aromatic N) is 1. The third kappa shape index (κ3) is 5.56. The summed E-state index contributed by atoms with van der Waals surface area (Å²) in [7, 11) is 3.89. The van der Waals surface area contributed by atoms with Crippen LogP contribution >= 0.6 is 0 Å². The van der Waals surface area contributed by atoms with E-state index in [9.17, 15) is 4.79 Å². The van der Waals surface area contributed by atoms with Crippen LogP contribution in [0.15, 0.2) is 0 Å². The molecule has 3 heteroatoms. The Labute approximate surface area is 62.0 Å². The number of carbonyl (C=O) groups excluding carboxylic acids is 1. The highest BCUT2D eigenvalue weighted by Crippen LogP contribution is 1.91. The van der Waals surface area contributed by atoms with Gasteiger partial charge in [-0.25, -0.2) is 0 Å². The van der Waals surface area contributed by atoms with Gasteiger partial charge in [0.25, 0.3) is 0 Å². The maximum atomic E-state index is 10.4. The van der Waals surface area contributed by atoms with Crippen molar-refractivity contribution in [1.29, 1.82) is 0 Å². The number of rotatable bonds is 3. The molecule has 0 rings (SSSR count). The molecule has 0 heterocycles. The van der Waals surface area contributed by atoms with Crippen LogP contribution in [0.1, 0.15) is 13.8 Å². The molecule has 0 radical (unpaired) electrons. The molecule has 0 saturated carbocycles. The highest BCUT2D eigenvalue weighted by atomic mass is 16.5. The lowest BCUT2D eigenvalue weighted by Gasteiger charge is -2.16. The monoisotopic (exact) mass is 145 g/mol. The van der Waals surface area contributed by atoms with Crippen LogP contribution in [0.25, 0.3) is 0 Å². The molecule has 1 unspecified atom stereocenters. The Morgan fingerprint density at radius 1 is 1.60 bits per heavy atom. The standard InChI is InChI=1S/C7H15NO2/c1-6(5-8(3)4)10-7(2)9/h6H,5H2,1-4H3. The van der Waals surface area contributed by atoms with Crippen molar-refractivity contribution < 1.29 is 9.53 Å². The largest absolute Gasteiger partial charge is 0.461 e. The maximum Gasteiger partial charge on any atom is 0.302 e. The fraction of sp³-hybridized carbons (Fsp3) is 0.857. The predicted octanol–water partition coefficient (Wildman–Crippen LogP) is 0.500. The predicted molar refractivity (Wildman–Crippen MR) is 39.8 cm³/mol. The molecule has 0 spiro atoms. The van der Waals surface area contributed by atoms with E-state index in [1.807, 2.05) is 25.9 Å². The lowest BCUT2D eigenvalue weighted by atomic mass is 10.4. The van der Waals surface area contributed by atoms with Crippen molar-refractivity contribution in [1.82, 2.24) is 4.90 Å². The van der Waals surface area contributed by atoms with Crippen molar-refractivity contribution in [3.8, 4) is 0 Å². The Hall–Kier alpha value is -0.570. The first-order valence-electron chi connectivity index (χ1n) is 3.34. The molecule has 0 aliphatic rings. The van der Waals surface area contributed by atoms with E-state index in [-0.39, 0.29) is 12.1 Å². The summed E-state index contributed by atoms with van der Waals surface area (Å²) in [5, 5.41) is 0. The SMILES string of the molecule is CC(=O)OC(C)CN(C)C. The zero-order valence-electron chi connectivity index (χ0n) is 7.05. The lowest BCUT2D eigenvalue weighted by molar-refractivity contribution is -0.145. The molecule has 0 aliphatic heterocycles. The van der Waals surface area contributed by atoms with Crippen LogP contribution in [0, 0.1) is 0 Å². The summed E-state index contributed by atoms with van der Waals surface area (Å²) in [6, 6.07) is 0. The Kier molecular flexibility index (Phi) is 4.03. The summed E-state index contributed by atoms with van der Waals surface area (Å²) in [6.07, 6.45) is -0.00694. The summed E-state index contributed by atoms with van der Waals surface area (Å²) in [5.41, 5.74) is 0. The second-order valence-electron chi connectivity index (χ2n) is 2.68. The van der Waals surface area contributed by atoms with Crippen molar-refractivity contribution in [2.24, 2.45) is 0 Å². The second-order valence-corrected chi connectivity index (χ2v) is 2.68. The number of hydrogen-bond acceptors (Lipinski definition) is 3. The summed E-state index contributed by atoms with van der Waals surface area (Å²) in [6.45, 7) is 4.08. The van der Waals surface area contributed by atoms with Crippen LogP contribution in [-0.4, -0.2) is 37.6 Å². The highest BCUT2D eigenvalue weighted by Gasteiger charge is 2.04. The van der Waals surface area contributed by atoms with E-state index >= 15 is 0 Å². The van der Waals surface area contributed by atoms with Gasteiger partial charge in [0.1, 0.15) is 6.10 Å². The topological polar surface area (TPSA) is 29.5 Å². The molecule has 0 fully saturated rings. The molecule has 60 valence electrons. The van der Waals surface area contributed by atoms with Crippen molar-refractivity contribution in [2.45, 2.75) is 20.0 Å². The minimum Gasteiger partial charge on any atom is -0.461 e. The average Bonchev–Trinajstić information content (AvgIpc) is 1.58. The van der Waals surface area contributed by atoms with E-state index in [2.05, 4.69) is 0 Å². The quantitative estimate of drug-likeness (QED) is 0.542. The Bertz CT molecular complexity index is 112. The van der Waals surface area contributed by atoms with E-state index in [0.29, 0.717) is 0 Å². The third-order valence-electron chi connectivity index (χ3n) is 0.989. The van der Waals surface area contributed by atoms with Crippen LogP contribution in [-0.2, 0) is 9.53 Å². The van der Waals surface area contributed by atoms with Crippen LogP contribution < -0.4 is 0 Å². The molecule has 3 nitrogen and oxygen atoms in total. The van der Waals surface area contributed by atoms with Crippen LogP contribution in [0.5, 0.6) is 0 Å². The summed E-state index contributed by atoms with van der Waals surface area (Å²) in [4.78, 5) is 12.4. The third-order valence-corrected chi connectivity index (χ3v) is 0.989. The van der Waals surface area contributed by atoms with Crippen molar-refractivity contribution in [3.63, 3.8) is 0 Å². The number of carbonyl (C=O) groups is 1. The first-order valence-corrected chi connectivity index (χ1v) is 3.34. The van der Waals surface area contributed by atoms with Gasteiger partial charge in [0.15, 0.2) is 0 Å². The smallest absolute Gasteiger partial charge is 0.302 e. The van der Waals surface area contributed by atoms with E-state index < -0.39 is 0 Å². The fourth-order valence-corrected chi connectivity index (χ4v) is 0.835. The van der Waals surface area contributed by atoms with Gasteiger partial charge in [-0.1, -0.05) is 0 Å². The van der Waals surface area contributed by atoms with E-state index in [4.69, 9.17) is 4.74 Å². The van der Waals surface area contributed by atoms with E-state index in [1.165, 1.54) is 6.92 Å². The molecule has 0 amide bonds. The van der Waals surface area contributed by atoms with Gasteiger partial charge in [0, 0.05) is 13.5 Å². The van der Waals surface area contributed by atoms with Crippen molar-refractivity contribution in [2.75, 3.05) is 20.6 Å². The first kappa shape index (κ1) is 9.43. The summed E-state index contributed by atoms with van der Waals surface area (Å²) in [5.74, 6) is -0.214. The zero-order chi connectivity index (χ0) is 8.15. The van der Waals surface area contributed by atoms with Gasteiger partial charge < -0.3 is 9.64 Å². The molecule has 0 aromatic carbocycles. The molecule has 10 heavy (non-hydrogen) atoms. The van der Waals surface area contributed by atoms with E-state index in [1.54, 1.807) is 0 Å². The molecular formula is C7H15NO2. The second kappa shape index (κ2) is 4.28.